The molecule has 0 saturated heterocycles. The molecule has 0 spiro atoms. The van der Waals surface area contributed by atoms with Gasteiger partial charge < -0.3 is 0 Å². The lowest BCUT2D eigenvalue weighted by atomic mass is 10.1. The summed E-state index contributed by atoms with van der Waals surface area (Å²) in [5.74, 6) is -0.298. The first-order chi connectivity index (χ1) is 9.50. The predicted molar refractivity (Wildman–Crippen MR) is 61.8 cm³/mol. The van der Waals surface area contributed by atoms with E-state index in [-0.39, 0.29) is 29.6 Å². The molecular formula is C13H10N2O. The topological polar surface area (TPSA) is 42.9 Å². The minimum atomic E-state index is -0.419. The lowest BCUT2D eigenvalue weighted by Gasteiger charge is -1.93. The molecule has 3 nitrogen and oxygen atoms in total. The molecule has 3 heteroatoms. The number of nitrogens with zero attached hydrogens (tertiary/aromatic N) is 2. The molecule has 0 amide bonds. The number of hydrogen-bond donors (Lipinski definition) is 0. The highest BCUT2D eigenvalue weighted by atomic mass is 16.1. The van der Waals surface area contributed by atoms with E-state index in [0.717, 1.165) is 0 Å². The average Bonchev–Trinajstić information content (AvgIpc) is 2.45. The molecule has 2 heterocycles. The molecule has 0 saturated carbocycles. The molecule has 0 N–H and O–H groups in total. The van der Waals surface area contributed by atoms with Gasteiger partial charge in [0.1, 0.15) is 0 Å². The normalized spacial score (nSPS) is 14.0. The van der Waals surface area contributed by atoms with E-state index in [9.17, 15) is 4.79 Å². The van der Waals surface area contributed by atoms with E-state index in [4.69, 9.17) is 5.48 Å². The summed E-state index contributed by atoms with van der Waals surface area (Å²) < 4.78 is 30.1. The maximum absolute atomic E-state index is 11.9. The third kappa shape index (κ3) is 2.60. The van der Waals surface area contributed by atoms with Crippen LogP contribution >= 0.6 is 0 Å². The fourth-order valence-corrected chi connectivity index (χ4v) is 1.09. The third-order valence-electron chi connectivity index (χ3n) is 1.85. The Bertz CT molecular complexity index is 687. The number of carbonyl (C=O) groups excluding carboxylic acids is 1. The van der Waals surface area contributed by atoms with Gasteiger partial charge in [-0.05, 0) is 35.9 Å². The Morgan fingerprint density at radius 2 is 2.12 bits per heavy atom. The number of carbonyl (C=O) groups is 1. The van der Waals surface area contributed by atoms with E-state index in [1.54, 1.807) is 12.1 Å². The Labute approximate surface area is 99.1 Å². The third-order valence-corrected chi connectivity index (χ3v) is 1.85. The molecule has 2 aromatic heterocycles. The zero-order chi connectivity index (χ0) is 14.7. The van der Waals surface area contributed by atoms with Gasteiger partial charge >= 0.3 is 0 Å². The van der Waals surface area contributed by atoms with Crippen molar-refractivity contribution in [3.63, 3.8) is 0 Å². The lowest BCUT2D eigenvalue weighted by Crippen LogP contribution is -1.93. The van der Waals surface area contributed by atoms with Gasteiger partial charge in [-0.15, -0.1) is 0 Å². The predicted octanol–water partition coefficient (Wildman–Crippen LogP) is 2.37. The highest BCUT2D eigenvalue weighted by molar-refractivity contribution is 6.06. The van der Waals surface area contributed by atoms with Crippen LogP contribution in [0.15, 0.2) is 55.0 Å². The van der Waals surface area contributed by atoms with Crippen LogP contribution in [-0.4, -0.2) is 15.8 Å². The van der Waals surface area contributed by atoms with Gasteiger partial charge in [0.15, 0.2) is 5.78 Å². The Morgan fingerprint density at radius 1 is 1.31 bits per heavy atom. The summed E-state index contributed by atoms with van der Waals surface area (Å²) in [5, 5.41) is 0. The van der Waals surface area contributed by atoms with Crippen LogP contribution in [0.3, 0.4) is 0 Å². The van der Waals surface area contributed by atoms with Crippen LogP contribution in [-0.2, 0) is 0 Å². The Kier molecular flexibility index (Phi) is 1.97. The fourth-order valence-electron chi connectivity index (χ4n) is 1.09. The summed E-state index contributed by atoms with van der Waals surface area (Å²) >= 11 is 0. The molecule has 0 bridgehead atoms. The van der Waals surface area contributed by atoms with Gasteiger partial charge in [-0.3, -0.25) is 14.8 Å². The van der Waals surface area contributed by atoms with Gasteiger partial charge in [0, 0.05) is 30.3 Å². The second-order valence-corrected chi connectivity index (χ2v) is 2.93. The van der Waals surface area contributed by atoms with E-state index < -0.39 is 6.17 Å². The minimum Gasteiger partial charge on any atom is -0.289 e. The zero-order valence-electron chi connectivity index (χ0n) is 12.3. The summed E-state index contributed by atoms with van der Waals surface area (Å²) in [4.78, 5) is 19.2. The molecule has 78 valence electrons. The molecule has 0 atom stereocenters. The molecule has 2 rings (SSSR count). The second-order valence-electron chi connectivity index (χ2n) is 2.93. The van der Waals surface area contributed by atoms with Crippen molar-refractivity contribution in [2.45, 2.75) is 0 Å². The Hall–Kier alpha value is -2.29. The molecule has 16 heavy (non-hydrogen) atoms. The summed E-state index contributed by atoms with van der Waals surface area (Å²) in [6, 6.07) is 2.46. The molecule has 0 aliphatic rings. The quantitative estimate of drug-likeness (QED) is 0.582. The number of allylic oxidation sites excluding steroid dienone is 1. The second kappa shape index (κ2) is 4.98. The van der Waals surface area contributed by atoms with E-state index in [1.807, 2.05) is 0 Å². The number of rotatable bonds is 3. The van der Waals surface area contributed by atoms with Crippen molar-refractivity contribution in [2.75, 3.05) is 0 Å². The van der Waals surface area contributed by atoms with E-state index in [1.165, 1.54) is 24.5 Å². The minimum absolute atomic E-state index is 0.0495. The van der Waals surface area contributed by atoms with Crippen molar-refractivity contribution < 1.29 is 10.3 Å². The molecule has 0 unspecified atom stereocenters. The van der Waals surface area contributed by atoms with Gasteiger partial charge in [0.05, 0.1) is 5.48 Å². The van der Waals surface area contributed by atoms with Crippen LogP contribution in [0, 0.1) is 0 Å². The maximum atomic E-state index is 11.9. The van der Waals surface area contributed by atoms with Crippen LogP contribution < -0.4 is 0 Å². The van der Waals surface area contributed by atoms with Crippen molar-refractivity contribution in [2.24, 2.45) is 0 Å². The molecule has 0 fully saturated rings. The summed E-state index contributed by atoms with van der Waals surface area (Å²) in [6.45, 7) is 0. The van der Waals surface area contributed by atoms with Crippen LogP contribution in [0.2, 0.25) is 0 Å². The monoisotopic (exact) mass is 214 g/mol. The number of pyridine rings is 2. The molecular weight excluding hydrogens is 200 g/mol. The van der Waals surface area contributed by atoms with E-state index >= 15 is 0 Å². The highest BCUT2D eigenvalue weighted by Gasteiger charge is 1.99. The summed E-state index contributed by atoms with van der Waals surface area (Å²) in [7, 11) is 0. The number of ketones is 1. The van der Waals surface area contributed by atoms with Gasteiger partial charge in [-0.1, -0.05) is 6.04 Å². The van der Waals surface area contributed by atoms with Gasteiger partial charge in [0.2, 0.25) is 0 Å². The van der Waals surface area contributed by atoms with Gasteiger partial charge in [0.25, 0.3) is 0 Å². The molecule has 0 radical (unpaired) electrons. The summed E-state index contributed by atoms with van der Waals surface area (Å²) in [5.41, 5.74) is 0.485. The van der Waals surface area contributed by atoms with Crippen molar-refractivity contribution in [1.29, 1.82) is 0 Å². The fraction of sp³-hybridized carbons (Fsp3) is 0. The zero-order valence-corrected chi connectivity index (χ0v) is 8.27. The average molecular weight is 214 g/mol. The molecule has 0 aromatic carbocycles. The first kappa shape index (κ1) is 6.33. The van der Waals surface area contributed by atoms with Gasteiger partial charge in [-0.25, -0.2) is 0 Å². The molecule has 0 aliphatic heterocycles. The maximum Gasteiger partial charge on any atom is 0.185 e. The SMILES string of the molecule is [2H]c1nc([2H])c(/C=C/C(=O)c2ccncc2)c([2H])c1[2H]. The van der Waals surface area contributed by atoms with Crippen LogP contribution in [0.1, 0.15) is 21.4 Å². The van der Waals surface area contributed by atoms with Crippen LogP contribution in [0.25, 0.3) is 6.08 Å². The van der Waals surface area contributed by atoms with Crippen molar-refractivity contribution in [1.82, 2.24) is 9.97 Å². The number of aromatic nitrogens is 2. The molecule has 0 aliphatic carbocycles. The van der Waals surface area contributed by atoms with E-state index in [0.29, 0.717) is 5.56 Å². The Morgan fingerprint density at radius 3 is 2.94 bits per heavy atom. The Balaban J connectivity index is 2.33. The van der Waals surface area contributed by atoms with E-state index in [2.05, 4.69) is 9.97 Å². The standard InChI is InChI=1S/C13H10N2O/c16-13(12-5-8-14-9-6-12)4-3-11-2-1-7-15-10-11/h1-10H/b4-3+/i1D,2D,7D,10D. The van der Waals surface area contributed by atoms with Crippen molar-refractivity contribution in [3.8, 4) is 0 Å². The highest BCUT2D eigenvalue weighted by Crippen LogP contribution is 2.03. The van der Waals surface area contributed by atoms with Crippen molar-refractivity contribution >= 4 is 11.9 Å². The number of hydrogen-bond acceptors (Lipinski definition) is 3. The lowest BCUT2D eigenvalue weighted by molar-refractivity contribution is 0.104. The smallest absolute Gasteiger partial charge is 0.185 e. The van der Waals surface area contributed by atoms with Gasteiger partial charge in [-0.2, -0.15) is 0 Å². The molecule has 2 aromatic rings. The largest absolute Gasteiger partial charge is 0.289 e. The first-order valence-corrected chi connectivity index (χ1v) is 4.57. The summed E-state index contributed by atoms with van der Waals surface area (Å²) in [6.07, 6.45) is 4.76. The van der Waals surface area contributed by atoms with Crippen molar-refractivity contribution in [3.05, 3.63) is 66.2 Å². The van der Waals surface area contributed by atoms with Crippen LogP contribution in [0.4, 0.5) is 0 Å². The first-order valence-electron chi connectivity index (χ1n) is 6.57. The van der Waals surface area contributed by atoms with Crippen LogP contribution in [0.5, 0.6) is 0 Å².